The molecule has 0 aliphatic heterocycles. The van der Waals surface area contributed by atoms with E-state index in [-0.39, 0.29) is 12.1 Å². The van der Waals surface area contributed by atoms with Crippen molar-refractivity contribution in [1.29, 1.82) is 0 Å². The number of carbonyl (C=O) groups excluding carboxylic acids is 1. The second-order valence-corrected chi connectivity index (χ2v) is 6.94. The van der Waals surface area contributed by atoms with Gasteiger partial charge in [-0.1, -0.05) is 30.3 Å². The standard InChI is InChI=1S/C20H14BrF3N2O2/c21-15-10-17(18(27)25-16-7-2-1-3-8-16)19(28)26(12-15)11-13-5-4-6-14(9-13)20(22,23)24/h1-10,12H,11H2,(H,25,27). The number of rotatable bonds is 4. The number of carbonyl (C=O) groups is 1. The Kier molecular flexibility index (Phi) is 5.69. The Hall–Kier alpha value is -2.87. The highest BCUT2D eigenvalue weighted by Crippen LogP contribution is 2.29. The van der Waals surface area contributed by atoms with Gasteiger partial charge in [0.05, 0.1) is 12.1 Å². The zero-order valence-electron chi connectivity index (χ0n) is 14.3. The Bertz CT molecular complexity index is 1060. The van der Waals surface area contributed by atoms with Gasteiger partial charge < -0.3 is 9.88 Å². The van der Waals surface area contributed by atoms with Crippen LogP contribution < -0.4 is 10.9 Å². The number of benzene rings is 2. The van der Waals surface area contributed by atoms with Gasteiger partial charge in [-0.05, 0) is 51.8 Å². The number of nitrogens with zero attached hydrogens (tertiary/aromatic N) is 1. The average Bonchev–Trinajstić information content (AvgIpc) is 2.64. The number of nitrogens with one attached hydrogen (secondary N) is 1. The summed E-state index contributed by atoms with van der Waals surface area (Å²) in [7, 11) is 0. The molecule has 0 radical (unpaired) electrons. The largest absolute Gasteiger partial charge is 0.416 e. The van der Waals surface area contributed by atoms with Crippen LogP contribution in [0.15, 0.2) is 76.1 Å². The summed E-state index contributed by atoms with van der Waals surface area (Å²) in [5.74, 6) is -0.602. The molecule has 2 aromatic carbocycles. The van der Waals surface area contributed by atoms with Crippen molar-refractivity contribution >= 4 is 27.5 Å². The Morgan fingerprint density at radius 1 is 1.04 bits per heavy atom. The molecule has 0 aliphatic carbocycles. The fourth-order valence-electron chi connectivity index (χ4n) is 2.64. The highest BCUT2D eigenvalue weighted by molar-refractivity contribution is 9.10. The summed E-state index contributed by atoms with van der Waals surface area (Å²) in [6.45, 7) is -0.103. The number of amides is 1. The van der Waals surface area contributed by atoms with E-state index >= 15 is 0 Å². The average molecular weight is 451 g/mol. The van der Waals surface area contributed by atoms with Gasteiger partial charge in [0.1, 0.15) is 5.56 Å². The van der Waals surface area contributed by atoms with Gasteiger partial charge in [-0.25, -0.2) is 0 Å². The number of hydrogen-bond donors (Lipinski definition) is 1. The Morgan fingerprint density at radius 3 is 2.43 bits per heavy atom. The van der Waals surface area contributed by atoms with E-state index in [9.17, 15) is 22.8 Å². The second kappa shape index (κ2) is 8.02. The molecule has 1 amide bonds. The van der Waals surface area contributed by atoms with Gasteiger partial charge in [0, 0.05) is 16.4 Å². The first kappa shape index (κ1) is 19.9. The monoisotopic (exact) mass is 450 g/mol. The first-order valence-corrected chi connectivity index (χ1v) is 8.96. The molecule has 0 aliphatic rings. The van der Waals surface area contributed by atoms with Crippen LogP contribution in [-0.4, -0.2) is 10.5 Å². The van der Waals surface area contributed by atoms with Crippen LogP contribution in [0.5, 0.6) is 0 Å². The lowest BCUT2D eigenvalue weighted by Crippen LogP contribution is -2.29. The predicted octanol–water partition coefficient (Wildman–Crippen LogP) is 4.93. The van der Waals surface area contributed by atoms with Gasteiger partial charge in [0.25, 0.3) is 11.5 Å². The van der Waals surface area contributed by atoms with Crippen LogP contribution in [0.2, 0.25) is 0 Å². The molecule has 3 rings (SSSR count). The van der Waals surface area contributed by atoms with Crippen molar-refractivity contribution in [2.45, 2.75) is 12.7 Å². The third kappa shape index (κ3) is 4.69. The first-order valence-electron chi connectivity index (χ1n) is 8.16. The summed E-state index contributed by atoms with van der Waals surface area (Å²) >= 11 is 3.24. The lowest BCUT2D eigenvalue weighted by molar-refractivity contribution is -0.137. The maximum absolute atomic E-state index is 12.9. The Balaban J connectivity index is 1.91. The maximum Gasteiger partial charge on any atom is 0.416 e. The minimum Gasteiger partial charge on any atom is -0.322 e. The van der Waals surface area contributed by atoms with E-state index in [0.29, 0.717) is 15.7 Å². The molecule has 0 fully saturated rings. The number of pyridine rings is 1. The molecule has 0 saturated heterocycles. The molecule has 0 bridgehead atoms. The summed E-state index contributed by atoms with van der Waals surface area (Å²) in [5, 5.41) is 2.62. The lowest BCUT2D eigenvalue weighted by atomic mass is 10.1. The second-order valence-electron chi connectivity index (χ2n) is 6.02. The molecule has 1 aromatic heterocycles. The number of anilines is 1. The van der Waals surface area contributed by atoms with Crippen LogP contribution in [0.25, 0.3) is 0 Å². The molecule has 1 N–H and O–H groups in total. The van der Waals surface area contributed by atoms with Crippen molar-refractivity contribution in [2.24, 2.45) is 0 Å². The molecule has 1 heterocycles. The fraction of sp³-hybridized carbons (Fsp3) is 0.100. The minimum absolute atomic E-state index is 0.103. The first-order chi connectivity index (χ1) is 13.2. The molecule has 0 saturated carbocycles. The molecule has 0 atom stereocenters. The zero-order valence-corrected chi connectivity index (χ0v) is 15.9. The van der Waals surface area contributed by atoms with Crippen LogP contribution >= 0.6 is 15.9 Å². The quantitative estimate of drug-likeness (QED) is 0.612. The molecule has 3 aromatic rings. The van der Waals surface area contributed by atoms with Gasteiger partial charge in [0.15, 0.2) is 0 Å². The third-order valence-corrected chi connectivity index (χ3v) is 4.37. The fourth-order valence-corrected chi connectivity index (χ4v) is 3.12. The van der Waals surface area contributed by atoms with Crippen molar-refractivity contribution in [2.75, 3.05) is 5.32 Å². The smallest absolute Gasteiger partial charge is 0.322 e. The topological polar surface area (TPSA) is 51.1 Å². The van der Waals surface area contributed by atoms with Gasteiger partial charge >= 0.3 is 6.18 Å². The van der Waals surface area contributed by atoms with Crippen LogP contribution in [0.1, 0.15) is 21.5 Å². The highest BCUT2D eigenvalue weighted by atomic mass is 79.9. The van der Waals surface area contributed by atoms with Crippen molar-refractivity contribution in [3.8, 4) is 0 Å². The summed E-state index contributed by atoms with van der Waals surface area (Å²) in [5.41, 5.74) is -0.699. The number of para-hydroxylation sites is 1. The van der Waals surface area contributed by atoms with Gasteiger partial charge in [-0.3, -0.25) is 9.59 Å². The molecule has 8 heteroatoms. The maximum atomic E-state index is 12.9. The van der Waals surface area contributed by atoms with E-state index in [1.54, 1.807) is 30.3 Å². The highest BCUT2D eigenvalue weighted by Gasteiger charge is 2.30. The van der Waals surface area contributed by atoms with Crippen molar-refractivity contribution in [3.05, 3.63) is 98.4 Å². The third-order valence-electron chi connectivity index (χ3n) is 3.94. The Labute approximate surface area is 166 Å². The Morgan fingerprint density at radius 2 is 1.75 bits per heavy atom. The van der Waals surface area contributed by atoms with Gasteiger partial charge in [0.2, 0.25) is 0 Å². The van der Waals surface area contributed by atoms with Crippen LogP contribution in [0, 0.1) is 0 Å². The number of alkyl halides is 3. The summed E-state index contributed by atoms with van der Waals surface area (Å²) in [6.07, 6.45) is -3.04. The molecule has 0 spiro atoms. The molecular weight excluding hydrogens is 437 g/mol. The van der Waals surface area contributed by atoms with Crippen molar-refractivity contribution in [3.63, 3.8) is 0 Å². The summed E-state index contributed by atoms with van der Waals surface area (Å²) < 4.78 is 40.3. The van der Waals surface area contributed by atoms with Crippen molar-refractivity contribution in [1.82, 2.24) is 4.57 Å². The van der Waals surface area contributed by atoms with E-state index < -0.39 is 23.2 Å². The SMILES string of the molecule is O=C(Nc1ccccc1)c1cc(Br)cn(Cc2cccc(C(F)(F)F)c2)c1=O. The molecular formula is C20H14BrF3N2O2. The normalized spacial score (nSPS) is 11.3. The number of halogens is 4. The molecule has 0 unspecified atom stereocenters. The van der Waals surface area contributed by atoms with E-state index in [1.165, 1.54) is 29.0 Å². The zero-order chi connectivity index (χ0) is 20.3. The van der Waals surface area contributed by atoms with Crippen LogP contribution in [0.3, 0.4) is 0 Å². The van der Waals surface area contributed by atoms with E-state index in [2.05, 4.69) is 21.2 Å². The van der Waals surface area contributed by atoms with E-state index in [0.717, 1.165) is 12.1 Å². The number of aromatic nitrogens is 1. The minimum atomic E-state index is -4.47. The van der Waals surface area contributed by atoms with Crippen LogP contribution in [0.4, 0.5) is 18.9 Å². The van der Waals surface area contributed by atoms with Gasteiger partial charge in [-0.2, -0.15) is 13.2 Å². The van der Waals surface area contributed by atoms with E-state index in [1.807, 2.05) is 0 Å². The molecule has 4 nitrogen and oxygen atoms in total. The van der Waals surface area contributed by atoms with Crippen molar-refractivity contribution < 1.29 is 18.0 Å². The molecule has 28 heavy (non-hydrogen) atoms. The van der Waals surface area contributed by atoms with Crippen LogP contribution in [-0.2, 0) is 12.7 Å². The lowest BCUT2D eigenvalue weighted by Gasteiger charge is -2.12. The van der Waals surface area contributed by atoms with Gasteiger partial charge in [-0.15, -0.1) is 0 Å². The number of hydrogen-bond acceptors (Lipinski definition) is 2. The molecule has 144 valence electrons. The summed E-state index contributed by atoms with van der Waals surface area (Å²) in [4.78, 5) is 25.2. The predicted molar refractivity (Wildman–Crippen MR) is 103 cm³/mol. The summed E-state index contributed by atoms with van der Waals surface area (Å²) in [6, 6.07) is 14.7. The van der Waals surface area contributed by atoms with E-state index in [4.69, 9.17) is 0 Å².